The Bertz CT molecular complexity index is 583. The number of nitrogens with zero attached hydrogens (tertiary/aromatic N) is 1. The number of amides is 1. The van der Waals surface area contributed by atoms with E-state index in [1.807, 2.05) is 20.8 Å². The summed E-state index contributed by atoms with van der Waals surface area (Å²) in [6.45, 7) is 5.70. The zero-order chi connectivity index (χ0) is 17.1. The maximum Gasteiger partial charge on any atom is 0.423 e. The van der Waals surface area contributed by atoms with Gasteiger partial charge in [0.2, 0.25) is 5.91 Å². The molecular weight excluding hydrogens is 321 g/mol. The lowest BCUT2D eigenvalue weighted by molar-refractivity contribution is -0.388. The first-order valence-corrected chi connectivity index (χ1v) is 7.18. The molecular formula is C13H15F3N2O3S. The quantitative estimate of drug-likeness (QED) is 0.664. The lowest BCUT2D eigenvalue weighted by atomic mass is 10.1. The first kappa shape index (κ1) is 18.3. The number of carbonyl (C=O) groups is 1. The number of hydrogen-bond acceptors (Lipinski definition) is 4. The number of alkyl halides is 3. The van der Waals surface area contributed by atoms with Gasteiger partial charge in [-0.15, -0.1) is 11.8 Å². The number of nitrogens with one attached hydrogen (secondary N) is 1. The highest BCUT2D eigenvalue weighted by Gasteiger charge is 2.38. The standard InChI is InChI=1S/C13H15F3N2O3S/c1-12(2,3)22-7-11(19)17-8-4-5-10(18(20)21)9(6-8)13(14,15)16/h4-6H,7H2,1-3H3,(H,17,19). The molecule has 0 saturated heterocycles. The topological polar surface area (TPSA) is 72.2 Å². The largest absolute Gasteiger partial charge is 0.423 e. The average molecular weight is 336 g/mol. The van der Waals surface area contributed by atoms with Crippen LogP contribution in [0.15, 0.2) is 18.2 Å². The summed E-state index contributed by atoms with van der Waals surface area (Å²) >= 11 is 1.34. The summed E-state index contributed by atoms with van der Waals surface area (Å²) < 4.78 is 38.3. The highest BCUT2D eigenvalue weighted by atomic mass is 32.2. The number of carbonyl (C=O) groups excluding carboxylic acids is 1. The van der Waals surface area contributed by atoms with Crippen LogP contribution in [0.1, 0.15) is 26.3 Å². The second kappa shape index (κ2) is 6.55. The van der Waals surface area contributed by atoms with Crippen LogP contribution in [0.3, 0.4) is 0 Å². The van der Waals surface area contributed by atoms with E-state index in [-0.39, 0.29) is 16.2 Å². The number of nitro benzene ring substituents is 1. The van der Waals surface area contributed by atoms with E-state index in [2.05, 4.69) is 5.32 Å². The van der Waals surface area contributed by atoms with Crippen LogP contribution in [0, 0.1) is 10.1 Å². The van der Waals surface area contributed by atoms with Gasteiger partial charge in [-0.2, -0.15) is 13.2 Å². The predicted octanol–water partition coefficient (Wildman–Crippen LogP) is 4.08. The van der Waals surface area contributed by atoms with Crippen molar-refractivity contribution in [3.8, 4) is 0 Å². The van der Waals surface area contributed by atoms with Gasteiger partial charge in [0.1, 0.15) is 5.56 Å². The molecule has 122 valence electrons. The molecule has 0 atom stereocenters. The van der Waals surface area contributed by atoms with Gasteiger partial charge >= 0.3 is 6.18 Å². The lowest BCUT2D eigenvalue weighted by Gasteiger charge is -2.17. The molecule has 0 spiro atoms. The Morgan fingerprint density at radius 2 is 1.91 bits per heavy atom. The molecule has 1 N–H and O–H groups in total. The van der Waals surface area contributed by atoms with Crippen LogP contribution < -0.4 is 5.32 Å². The fourth-order valence-corrected chi connectivity index (χ4v) is 2.12. The molecule has 0 saturated carbocycles. The van der Waals surface area contributed by atoms with Crippen LogP contribution in [0.5, 0.6) is 0 Å². The van der Waals surface area contributed by atoms with Crippen LogP contribution in [0.25, 0.3) is 0 Å². The maximum absolute atomic E-state index is 12.8. The van der Waals surface area contributed by atoms with E-state index in [1.54, 1.807) is 0 Å². The summed E-state index contributed by atoms with van der Waals surface area (Å²) in [6, 6.07) is 2.38. The van der Waals surface area contributed by atoms with E-state index >= 15 is 0 Å². The maximum atomic E-state index is 12.8. The van der Waals surface area contributed by atoms with Crippen LogP contribution in [-0.2, 0) is 11.0 Å². The minimum atomic E-state index is -4.87. The van der Waals surface area contributed by atoms with Crippen molar-refractivity contribution in [3.63, 3.8) is 0 Å². The first-order valence-electron chi connectivity index (χ1n) is 6.19. The molecule has 0 aliphatic heterocycles. The Kier molecular flexibility index (Phi) is 5.44. The number of rotatable bonds is 4. The van der Waals surface area contributed by atoms with E-state index in [0.29, 0.717) is 6.07 Å². The summed E-state index contributed by atoms with van der Waals surface area (Å²) in [5.41, 5.74) is -2.56. The third kappa shape index (κ3) is 5.55. The zero-order valence-corrected chi connectivity index (χ0v) is 13.0. The fourth-order valence-electron chi connectivity index (χ4n) is 1.48. The number of anilines is 1. The van der Waals surface area contributed by atoms with Gasteiger partial charge in [-0.1, -0.05) is 20.8 Å². The minimum absolute atomic E-state index is 0.0713. The molecule has 5 nitrogen and oxygen atoms in total. The summed E-state index contributed by atoms with van der Waals surface area (Å²) in [4.78, 5) is 21.2. The Morgan fingerprint density at radius 1 is 1.32 bits per heavy atom. The Labute approximate surface area is 129 Å². The van der Waals surface area contributed by atoms with E-state index < -0.39 is 28.3 Å². The number of halogens is 3. The fraction of sp³-hybridized carbons (Fsp3) is 0.462. The van der Waals surface area contributed by atoms with Crippen molar-refractivity contribution in [1.82, 2.24) is 0 Å². The molecule has 1 aromatic carbocycles. The van der Waals surface area contributed by atoms with Gasteiger partial charge in [-0.05, 0) is 12.1 Å². The molecule has 0 aliphatic carbocycles. The van der Waals surface area contributed by atoms with Gasteiger partial charge in [-0.3, -0.25) is 14.9 Å². The van der Waals surface area contributed by atoms with Crippen molar-refractivity contribution in [2.24, 2.45) is 0 Å². The molecule has 0 radical (unpaired) electrons. The van der Waals surface area contributed by atoms with Gasteiger partial charge in [0.05, 0.1) is 10.7 Å². The van der Waals surface area contributed by atoms with Gasteiger partial charge in [-0.25, -0.2) is 0 Å². The second-order valence-electron chi connectivity index (χ2n) is 5.44. The summed E-state index contributed by atoms with van der Waals surface area (Å²) in [7, 11) is 0. The molecule has 0 bridgehead atoms. The number of nitro groups is 1. The Morgan fingerprint density at radius 3 is 2.36 bits per heavy atom. The number of benzene rings is 1. The highest BCUT2D eigenvalue weighted by Crippen LogP contribution is 2.37. The van der Waals surface area contributed by atoms with Gasteiger partial charge < -0.3 is 5.32 Å². The number of thioether (sulfide) groups is 1. The first-order chi connectivity index (χ1) is 9.90. The summed E-state index contributed by atoms with van der Waals surface area (Å²) in [5, 5.41) is 12.9. The van der Waals surface area contributed by atoms with Crippen molar-refractivity contribution in [3.05, 3.63) is 33.9 Å². The van der Waals surface area contributed by atoms with Crippen molar-refractivity contribution in [2.75, 3.05) is 11.1 Å². The highest BCUT2D eigenvalue weighted by molar-refractivity contribution is 8.01. The van der Waals surface area contributed by atoms with Crippen LogP contribution in [0.2, 0.25) is 0 Å². The van der Waals surface area contributed by atoms with E-state index in [1.165, 1.54) is 11.8 Å². The van der Waals surface area contributed by atoms with Crippen molar-refractivity contribution in [1.29, 1.82) is 0 Å². The molecule has 9 heteroatoms. The smallest absolute Gasteiger partial charge is 0.325 e. The second-order valence-corrected chi connectivity index (χ2v) is 7.24. The van der Waals surface area contributed by atoms with Crippen LogP contribution in [-0.4, -0.2) is 21.3 Å². The van der Waals surface area contributed by atoms with Gasteiger partial charge in [0, 0.05) is 16.5 Å². The van der Waals surface area contributed by atoms with Gasteiger partial charge in [0.15, 0.2) is 0 Å². The number of hydrogen-bond donors (Lipinski definition) is 1. The third-order valence-corrected chi connectivity index (χ3v) is 3.69. The van der Waals surface area contributed by atoms with Crippen LogP contribution >= 0.6 is 11.8 Å². The predicted molar refractivity (Wildman–Crippen MR) is 78.9 cm³/mol. The third-order valence-electron chi connectivity index (χ3n) is 2.42. The molecule has 22 heavy (non-hydrogen) atoms. The van der Waals surface area contributed by atoms with Crippen molar-refractivity contribution in [2.45, 2.75) is 31.7 Å². The molecule has 0 unspecified atom stereocenters. The molecule has 0 fully saturated rings. The Hall–Kier alpha value is -1.77. The summed E-state index contributed by atoms with van der Waals surface area (Å²) in [5.74, 6) is -0.399. The average Bonchev–Trinajstić information content (AvgIpc) is 2.34. The summed E-state index contributed by atoms with van der Waals surface area (Å²) in [6.07, 6.45) is -4.87. The molecule has 0 heterocycles. The van der Waals surface area contributed by atoms with Gasteiger partial charge in [0.25, 0.3) is 5.69 Å². The SMILES string of the molecule is CC(C)(C)SCC(=O)Nc1ccc([N+](=O)[O-])c(C(F)(F)F)c1. The normalized spacial score (nSPS) is 12.1. The lowest BCUT2D eigenvalue weighted by Crippen LogP contribution is -2.19. The van der Waals surface area contributed by atoms with E-state index in [4.69, 9.17) is 0 Å². The monoisotopic (exact) mass is 336 g/mol. The van der Waals surface area contributed by atoms with E-state index in [9.17, 15) is 28.1 Å². The van der Waals surface area contributed by atoms with Crippen LogP contribution in [0.4, 0.5) is 24.5 Å². The molecule has 0 aliphatic rings. The molecule has 1 aromatic rings. The van der Waals surface area contributed by atoms with Crippen molar-refractivity contribution >= 4 is 29.0 Å². The minimum Gasteiger partial charge on any atom is -0.325 e. The van der Waals surface area contributed by atoms with E-state index in [0.717, 1.165) is 12.1 Å². The van der Waals surface area contributed by atoms with Crippen molar-refractivity contribution < 1.29 is 22.9 Å². The molecule has 1 rings (SSSR count). The Balaban J connectivity index is 2.94. The molecule has 0 aromatic heterocycles. The molecule has 1 amide bonds. The zero-order valence-electron chi connectivity index (χ0n) is 12.2.